The maximum atomic E-state index is 6.20. The van der Waals surface area contributed by atoms with E-state index in [9.17, 15) is 0 Å². The maximum absolute atomic E-state index is 6.20. The van der Waals surface area contributed by atoms with E-state index in [2.05, 4.69) is 27.0 Å². The van der Waals surface area contributed by atoms with Crippen LogP contribution < -0.4 is 5.73 Å². The number of ether oxygens (including phenoxy) is 2. The average Bonchev–Trinajstić information content (AvgIpc) is 2.12. The predicted molar refractivity (Wildman–Crippen MR) is 72.5 cm³/mol. The Morgan fingerprint density at radius 2 is 1.82 bits per heavy atom. The quantitative estimate of drug-likeness (QED) is 0.630. The fourth-order valence-electron chi connectivity index (χ4n) is 2.46. The van der Waals surface area contributed by atoms with Crippen LogP contribution in [-0.4, -0.2) is 18.2 Å². The van der Waals surface area contributed by atoms with Gasteiger partial charge in [0, 0.05) is 5.54 Å². The molecule has 0 spiro atoms. The van der Waals surface area contributed by atoms with E-state index in [1.54, 1.807) is 0 Å². The molecular weight excluding hydrogens is 214 g/mol. The number of hydrogen-bond donors (Lipinski definition) is 1. The van der Waals surface area contributed by atoms with E-state index in [0.29, 0.717) is 6.61 Å². The molecule has 100 valence electrons. The van der Waals surface area contributed by atoms with Crippen molar-refractivity contribution in [2.24, 2.45) is 11.1 Å². The Balaban J connectivity index is 4.30. The van der Waals surface area contributed by atoms with Gasteiger partial charge in [-0.3, -0.25) is 0 Å². The van der Waals surface area contributed by atoms with Crippen molar-refractivity contribution in [2.45, 2.75) is 52.2 Å². The molecule has 0 fully saturated rings. The molecular formula is C14H27NO2. The Morgan fingerprint density at radius 3 is 2.29 bits per heavy atom. The standard InChI is InChI=1S/C14H27NO2/c1-7-16-11-14(6,15)10-13(4,5)9-12(3)17-8-2/h7-8,12H,1-2,9-11,15H2,3-6H3. The van der Waals surface area contributed by atoms with Crippen LogP contribution in [0.3, 0.4) is 0 Å². The molecule has 0 heterocycles. The first-order chi connectivity index (χ1) is 7.72. The van der Waals surface area contributed by atoms with Gasteiger partial charge < -0.3 is 15.2 Å². The third-order valence-electron chi connectivity index (χ3n) is 2.58. The molecule has 0 saturated heterocycles. The van der Waals surface area contributed by atoms with E-state index < -0.39 is 0 Å². The van der Waals surface area contributed by atoms with Gasteiger partial charge in [-0.25, -0.2) is 0 Å². The van der Waals surface area contributed by atoms with Gasteiger partial charge in [-0.15, -0.1) is 0 Å². The maximum Gasteiger partial charge on any atom is 0.105 e. The van der Waals surface area contributed by atoms with Gasteiger partial charge in [0.15, 0.2) is 0 Å². The molecule has 2 atom stereocenters. The zero-order valence-corrected chi connectivity index (χ0v) is 11.7. The monoisotopic (exact) mass is 241 g/mol. The lowest BCUT2D eigenvalue weighted by molar-refractivity contribution is 0.0780. The largest absolute Gasteiger partial charge is 0.500 e. The summed E-state index contributed by atoms with van der Waals surface area (Å²) in [6.07, 6.45) is 4.86. The van der Waals surface area contributed by atoms with E-state index >= 15 is 0 Å². The van der Waals surface area contributed by atoms with Gasteiger partial charge in [-0.2, -0.15) is 0 Å². The van der Waals surface area contributed by atoms with Crippen LogP contribution in [0.25, 0.3) is 0 Å². The lowest BCUT2D eigenvalue weighted by Gasteiger charge is -2.35. The first kappa shape index (κ1) is 16.0. The van der Waals surface area contributed by atoms with Crippen molar-refractivity contribution in [1.29, 1.82) is 0 Å². The van der Waals surface area contributed by atoms with E-state index in [1.165, 1.54) is 12.5 Å². The Kier molecular flexibility index (Phi) is 6.32. The highest BCUT2D eigenvalue weighted by molar-refractivity contribution is 4.87. The molecule has 0 rings (SSSR count). The second kappa shape index (κ2) is 6.70. The molecule has 2 N–H and O–H groups in total. The lowest BCUT2D eigenvalue weighted by atomic mass is 9.76. The molecule has 0 bridgehead atoms. The van der Waals surface area contributed by atoms with E-state index in [4.69, 9.17) is 15.2 Å². The second-order valence-electron chi connectivity index (χ2n) is 5.79. The van der Waals surface area contributed by atoms with Gasteiger partial charge >= 0.3 is 0 Å². The van der Waals surface area contributed by atoms with Gasteiger partial charge in [-0.1, -0.05) is 27.0 Å². The van der Waals surface area contributed by atoms with Crippen LogP contribution in [-0.2, 0) is 9.47 Å². The molecule has 0 radical (unpaired) electrons. The normalized spacial score (nSPS) is 16.8. The van der Waals surface area contributed by atoms with Gasteiger partial charge in [0.2, 0.25) is 0 Å². The lowest BCUT2D eigenvalue weighted by Crippen LogP contribution is -2.45. The summed E-state index contributed by atoms with van der Waals surface area (Å²) in [5.41, 5.74) is 5.94. The zero-order chi connectivity index (χ0) is 13.5. The van der Waals surface area contributed by atoms with Crippen LogP contribution in [0.5, 0.6) is 0 Å². The third kappa shape index (κ3) is 7.86. The fraction of sp³-hybridized carbons (Fsp3) is 0.714. The van der Waals surface area contributed by atoms with Gasteiger partial charge in [0.1, 0.15) is 6.61 Å². The Morgan fingerprint density at radius 1 is 1.24 bits per heavy atom. The number of rotatable bonds is 9. The summed E-state index contributed by atoms with van der Waals surface area (Å²) in [6, 6.07) is 0. The molecule has 0 aliphatic rings. The van der Waals surface area contributed by atoms with Crippen LogP contribution in [0.2, 0.25) is 0 Å². The van der Waals surface area contributed by atoms with Crippen LogP contribution in [0.15, 0.2) is 25.7 Å². The Bertz CT molecular complexity index is 247. The van der Waals surface area contributed by atoms with E-state index in [1.807, 2.05) is 13.8 Å². The van der Waals surface area contributed by atoms with Crippen molar-refractivity contribution >= 4 is 0 Å². The summed E-state index contributed by atoms with van der Waals surface area (Å²) < 4.78 is 10.5. The molecule has 2 unspecified atom stereocenters. The molecule has 17 heavy (non-hydrogen) atoms. The minimum atomic E-state index is -0.356. The third-order valence-corrected chi connectivity index (χ3v) is 2.58. The van der Waals surface area contributed by atoms with Crippen LogP contribution in [0, 0.1) is 5.41 Å². The Labute approximate surface area is 106 Å². The van der Waals surface area contributed by atoms with Gasteiger partial charge in [-0.05, 0) is 32.1 Å². The second-order valence-corrected chi connectivity index (χ2v) is 5.79. The highest BCUT2D eigenvalue weighted by atomic mass is 16.5. The summed E-state index contributed by atoms with van der Waals surface area (Å²) in [6.45, 7) is 16.0. The SMILES string of the molecule is C=COCC(C)(N)CC(C)(C)CC(C)OC=C. The molecule has 0 aromatic carbocycles. The molecule has 0 amide bonds. The fourth-order valence-corrected chi connectivity index (χ4v) is 2.46. The highest BCUT2D eigenvalue weighted by Crippen LogP contribution is 2.32. The van der Waals surface area contributed by atoms with E-state index in [0.717, 1.165) is 12.8 Å². The molecule has 0 aliphatic carbocycles. The molecule has 0 aromatic rings. The van der Waals surface area contributed by atoms with E-state index in [-0.39, 0.29) is 17.1 Å². The van der Waals surface area contributed by atoms with Crippen LogP contribution in [0.4, 0.5) is 0 Å². The molecule has 3 heteroatoms. The minimum Gasteiger partial charge on any atom is -0.500 e. The van der Waals surface area contributed by atoms with Crippen molar-refractivity contribution < 1.29 is 9.47 Å². The summed E-state index contributed by atoms with van der Waals surface area (Å²) in [5, 5.41) is 0. The highest BCUT2D eigenvalue weighted by Gasteiger charge is 2.31. The first-order valence-corrected chi connectivity index (χ1v) is 6.00. The molecule has 3 nitrogen and oxygen atoms in total. The summed E-state index contributed by atoms with van der Waals surface area (Å²) >= 11 is 0. The minimum absolute atomic E-state index is 0.0937. The first-order valence-electron chi connectivity index (χ1n) is 6.00. The summed E-state index contributed by atoms with van der Waals surface area (Å²) in [7, 11) is 0. The van der Waals surface area contributed by atoms with Crippen molar-refractivity contribution in [2.75, 3.05) is 6.61 Å². The zero-order valence-electron chi connectivity index (χ0n) is 11.7. The summed E-state index contributed by atoms with van der Waals surface area (Å²) in [5.74, 6) is 0. The van der Waals surface area contributed by atoms with Gasteiger partial charge in [0.25, 0.3) is 0 Å². The van der Waals surface area contributed by atoms with Gasteiger partial charge in [0.05, 0.1) is 18.6 Å². The molecule has 0 aliphatic heterocycles. The van der Waals surface area contributed by atoms with Crippen LogP contribution in [0.1, 0.15) is 40.5 Å². The number of hydrogen-bond acceptors (Lipinski definition) is 3. The van der Waals surface area contributed by atoms with Crippen molar-refractivity contribution in [3.05, 3.63) is 25.7 Å². The molecule has 0 aromatic heterocycles. The average molecular weight is 241 g/mol. The van der Waals surface area contributed by atoms with Crippen LogP contribution >= 0.6 is 0 Å². The Hall–Kier alpha value is -0.960. The summed E-state index contributed by atoms with van der Waals surface area (Å²) in [4.78, 5) is 0. The van der Waals surface area contributed by atoms with Crippen molar-refractivity contribution in [3.63, 3.8) is 0 Å². The number of nitrogens with two attached hydrogens (primary N) is 1. The molecule has 0 saturated carbocycles. The topological polar surface area (TPSA) is 44.5 Å². The van der Waals surface area contributed by atoms with Crippen molar-refractivity contribution in [1.82, 2.24) is 0 Å². The van der Waals surface area contributed by atoms with Crippen molar-refractivity contribution in [3.8, 4) is 0 Å². The predicted octanol–water partition coefficient (Wildman–Crippen LogP) is 3.22. The smallest absolute Gasteiger partial charge is 0.105 e.